The van der Waals surface area contributed by atoms with Crippen molar-refractivity contribution in [3.8, 4) is 5.00 Å². The van der Waals surface area contributed by atoms with Crippen molar-refractivity contribution in [2.45, 2.75) is 27.3 Å². The van der Waals surface area contributed by atoms with Crippen molar-refractivity contribution >= 4 is 23.0 Å². The third kappa shape index (κ3) is 2.94. The Balaban J connectivity index is 1.77. The first-order valence-electron chi connectivity index (χ1n) is 9.46. The number of aromatic nitrogens is 4. The number of hydrogen-bond acceptors (Lipinski definition) is 6. The van der Waals surface area contributed by atoms with Crippen molar-refractivity contribution in [3.63, 3.8) is 0 Å². The first kappa shape index (κ1) is 17.8. The summed E-state index contributed by atoms with van der Waals surface area (Å²) in [5.41, 5.74) is 5.56. The molecule has 0 atom stereocenters. The summed E-state index contributed by atoms with van der Waals surface area (Å²) in [6, 6.07) is 14.4. The van der Waals surface area contributed by atoms with E-state index in [1.807, 2.05) is 30.1 Å². The van der Waals surface area contributed by atoms with Crippen LogP contribution in [0.2, 0.25) is 0 Å². The molecule has 0 amide bonds. The van der Waals surface area contributed by atoms with Crippen molar-refractivity contribution in [1.29, 1.82) is 0 Å². The molecule has 144 valence electrons. The van der Waals surface area contributed by atoms with Gasteiger partial charge in [0.15, 0.2) is 0 Å². The van der Waals surface area contributed by atoms with E-state index in [4.69, 9.17) is 5.10 Å². The smallest absolute Gasteiger partial charge is 0.253 e. The zero-order chi connectivity index (χ0) is 20.0. The molecule has 1 aromatic carbocycles. The number of benzene rings is 1. The molecule has 0 aliphatic carbocycles. The molecule has 0 bridgehead atoms. The van der Waals surface area contributed by atoms with Crippen LogP contribution in [0.25, 0.3) is 5.00 Å². The third-order valence-electron chi connectivity index (χ3n) is 5.19. The lowest BCUT2D eigenvalue weighted by Gasteiger charge is -2.18. The topological polar surface area (TPSA) is 59.2 Å². The molecular weight excluding hydrogens is 380 g/mol. The largest absolute Gasteiger partial charge is 0.265 e. The highest BCUT2D eigenvalue weighted by Crippen LogP contribution is 2.38. The van der Waals surface area contributed by atoms with Crippen LogP contribution in [0.5, 0.6) is 0 Å². The lowest BCUT2D eigenvalue weighted by atomic mass is 10.00. The van der Waals surface area contributed by atoms with Gasteiger partial charge in [0.25, 0.3) is 5.95 Å². The molecule has 5 rings (SSSR count). The monoisotopic (exact) mass is 400 g/mol. The van der Waals surface area contributed by atoms with Gasteiger partial charge >= 0.3 is 0 Å². The van der Waals surface area contributed by atoms with Crippen LogP contribution >= 0.6 is 11.3 Å². The van der Waals surface area contributed by atoms with Crippen LogP contribution in [-0.4, -0.2) is 25.5 Å². The SMILES string of the molecule is Cc1sc2c(c1C)C(c1ccccc1)=NN(Cc1ccncc1)c1nnc(C)n1-2. The maximum Gasteiger partial charge on any atom is 0.253 e. The van der Waals surface area contributed by atoms with Gasteiger partial charge in [-0.3, -0.25) is 9.55 Å². The summed E-state index contributed by atoms with van der Waals surface area (Å²) in [7, 11) is 0. The standard InChI is InChI=1S/C22H20N6S/c1-14-15(2)29-21-19(14)20(18-7-5-4-6-8-18)26-27(13-17-9-11-23-12-10-17)22-25-24-16(3)28(21)22/h4-12H,13H2,1-3H3. The van der Waals surface area contributed by atoms with Crippen LogP contribution in [0.15, 0.2) is 60.0 Å². The molecule has 0 radical (unpaired) electrons. The Hall–Kier alpha value is -3.32. The number of thiophene rings is 1. The molecule has 0 spiro atoms. The number of pyridine rings is 1. The molecule has 29 heavy (non-hydrogen) atoms. The summed E-state index contributed by atoms with van der Waals surface area (Å²) in [5, 5.41) is 17.0. The van der Waals surface area contributed by atoms with Crippen molar-refractivity contribution in [3.05, 3.63) is 87.8 Å². The lowest BCUT2D eigenvalue weighted by molar-refractivity contribution is 0.797. The fourth-order valence-corrected chi connectivity index (χ4v) is 4.78. The highest BCUT2D eigenvalue weighted by Gasteiger charge is 2.30. The van der Waals surface area contributed by atoms with E-state index in [1.165, 1.54) is 10.4 Å². The number of fused-ring (bicyclic) bond motifs is 3. The Morgan fingerprint density at radius 1 is 0.931 bits per heavy atom. The average Bonchev–Trinajstić information content (AvgIpc) is 3.22. The second-order valence-corrected chi connectivity index (χ2v) is 8.28. The van der Waals surface area contributed by atoms with Crippen molar-refractivity contribution < 1.29 is 0 Å². The molecule has 6 nitrogen and oxygen atoms in total. The van der Waals surface area contributed by atoms with Gasteiger partial charge in [-0.15, -0.1) is 21.5 Å². The molecule has 7 heteroatoms. The van der Waals surface area contributed by atoms with Gasteiger partial charge in [-0.05, 0) is 44.0 Å². The van der Waals surface area contributed by atoms with Gasteiger partial charge in [-0.2, -0.15) is 5.10 Å². The predicted octanol–water partition coefficient (Wildman–Crippen LogP) is 4.42. The van der Waals surface area contributed by atoms with Crippen LogP contribution in [0.3, 0.4) is 0 Å². The van der Waals surface area contributed by atoms with E-state index < -0.39 is 0 Å². The number of aryl methyl sites for hydroxylation is 2. The van der Waals surface area contributed by atoms with E-state index in [0.29, 0.717) is 6.54 Å². The Labute approximate surface area is 173 Å². The summed E-state index contributed by atoms with van der Waals surface area (Å²) in [6.45, 7) is 6.90. The molecule has 0 saturated heterocycles. The maximum atomic E-state index is 5.12. The fourth-order valence-electron chi connectivity index (χ4n) is 3.58. The number of hydrazone groups is 1. The van der Waals surface area contributed by atoms with Crippen molar-refractivity contribution in [1.82, 2.24) is 19.7 Å². The highest BCUT2D eigenvalue weighted by molar-refractivity contribution is 7.15. The zero-order valence-corrected chi connectivity index (χ0v) is 17.3. The zero-order valence-electron chi connectivity index (χ0n) is 16.5. The summed E-state index contributed by atoms with van der Waals surface area (Å²) in [5.74, 6) is 1.58. The normalized spacial score (nSPS) is 12.9. The van der Waals surface area contributed by atoms with Gasteiger partial charge in [0.2, 0.25) is 0 Å². The molecule has 1 aliphatic rings. The van der Waals surface area contributed by atoms with Crippen LogP contribution < -0.4 is 5.01 Å². The van der Waals surface area contributed by atoms with Crippen molar-refractivity contribution in [2.24, 2.45) is 5.10 Å². The summed E-state index contributed by atoms with van der Waals surface area (Å²) < 4.78 is 2.13. The van der Waals surface area contributed by atoms with Crippen LogP contribution in [0.1, 0.15) is 33.0 Å². The molecule has 0 fully saturated rings. The molecule has 0 N–H and O–H groups in total. The summed E-state index contributed by atoms with van der Waals surface area (Å²) >= 11 is 1.76. The predicted molar refractivity (Wildman–Crippen MR) is 116 cm³/mol. The van der Waals surface area contributed by atoms with Crippen LogP contribution in [0, 0.1) is 20.8 Å². The first-order valence-corrected chi connectivity index (χ1v) is 10.3. The molecule has 1 aliphatic heterocycles. The van der Waals surface area contributed by atoms with E-state index in [2.05, 4.69) is 57.9 Å². The molecular formula is C22H20N6S. The van der Waals surface area contributed by atoms with E-state index >= 15 is 0 Å². The minimum Gasteiger partial charge on any atom is -0.265 e. The number of hydrogen-bond donors (Lipinski definition) is 0. The Bertz CT molecular complexity index is 1210. The van der Waals surface area contributed by atoms with Gasteiger partial charge < -0.3 is 0 Å². The second-order valence-electron chi connectivity index (χ2n) is 7.07. The van der Waals surface area contributed by atoms with Gasteiger partial charge in [0, 0.05) is 28.4 Å². The van der Waals surface area contributed by atoms with E-state index in [9.17, 15) is 0 Å². The first-order chi connectivity index (χ1) is 14.1. The average molecular weight is 401 g/mol. The third-order valence-corrected chi connectivity index (χ3v) is 6.39. The molecule has 3 aromatic heterocycles. The summed E-state index contributed by atoms with van der Waals surface area (Å²) in [6.07, 6.45) is 3.60. The Kier molecular flexibility index (Phi) is 4.24. The minimum atomic E-state index is 0.587. The molecule has 4 aromatic rings. The quantitative estimate of drug-likeness (QED) is 0.511. The number of anilines is 1. The molecule has 0 saturated carbocycles. The van der Waals surface area contributed by atoms with Gasteiger partial charge in [-0.25, -0.2) is 5.01 Å². The molecule has 0 unspecified atom stereocenters. The Morgan fingerprint density at radius 3 is 2.45 bits per heavy atom. The number of nitrogens with zero attached hydrogens (tertiary/aromatic N) is 6. The number of rotatable bonds is 3. The van der Waals surface area contributed by atoms with Gasteiger partial charge in [0.1, 0.15) is 16.5 Å². The Morgan fingerprint density at radius 2 is 1.69 bits per heavy atom. The second kappa shape index (κ2) is 6.93. The van der Waals surface area contributed by atoms with Crippen LogP contribution in [-0.2, 0) is 6.54 Å². The van der Waals surface area contributed by atoms with E-state index in [0.717, 1.165) is 39.2 Å². The van der Waals surface area contributed by atoms with Gasteiger partial charge in [0.05, 0.1) is 6.54 Å². The maximum absolute atomic E-state index is 5.12. The van der Waals surface area contributed by atoms with E-state index in [1.54, 1.807) is 23.7 Å². The van der Waals surface area contributed by atoms with Crippen molar-refractivity contribution in [2.75, 3.05) is 5.01 Å². The van der Waals surface area contributed by atoms with Gasteiger partial charge in [-0.1, -0.05) is 30.3 Å². The van der Waals surface area contributed by atoms with Crippen LogP contribution in [0.4, 0.5) is 5.95 Å². The minimum absolute atomic E-state index is 0.587. The highest BCUT2D eigenvalue weighted by atomic mass is 32.1. The summed E-state index contributed by atoms with van der Waals surface area (Å²) in [4.78, 5) is 5.41. The molecule has 4 heterocycles. The lowest BCUT2D eigenvalue weighted by Crippen LogP contribution is -2.20. The fraction of sp³-hybridized carbons (Fsp3) is 0.182. The van der Waals surface area contributed by atoms with E-state index in [-0.39, 0.29) is 0 Å².